The monoisotopic (exact) mass is 420 g/mol. The Balaban J connectivity index is 1.71. The molecule has 0 aromatic carbocycles. The second-order valence-corrected chi connectivity index (χ2v) is 9.48. The number of hydrogen-bond acceptors (Lipinski definition) is 6. The molecule has 0 aliphatic carbocycles. The molecule has 7 heteroatoms. The zero-order chi connectivity index (χ0) is 20.9. The normalized spacial score (nSPS) is 15.6. The molecule has 6 nitrogen and oxygen atoms in total. The van der Waals surface area contributed by atoms with Crippen molar-refractivity contribution in [1.29, 1.82) is 0 Å². The van der Waals surface area contributed by atoms with Gasteiger partial charge in [-0.1, -0.05) is 13.0 Å². The highest BCUT2D eigenvalue weighted by Crippen LogP contribution is 2.35. The Kier molecular flexibility index (Phi) is 4.67. The van der Waals surface area contributed by atoms with Crippen LogP contribution in [0.4, 0.5) is 0 Å². The van der Waals surface area contributed by atoms with Crippen molar-refractivity contribution in [3.8, 4) is 0 Å². The van der Waals surface area contributed by atoms with Crippen molar-refractivity contribution in [2.45, 2.75) is 58.8 Å². The molecule has 4 aromatic heterocycles. The van der Waals surface area contributed by atoms with E-state index in [9.17, 15) is 4.79 Å². The van der Waals surface area contributed by atoms with Gasteiger partial charge < -0.3 is 4.74 Å². The zero-order valence-corrected chi connectivity index (χ0v) is 18.3. The molecule has 0 saturated heterocycles. The molecule has 1 aliphatic heterocycles. The summed E-state index contributed by atoms with van der Waals surface area (Å²) in [6.07, 6.45) is 5.98. The highest BCUT2D eigenvalue weighted by Gasteiger charge is 2.28. The van der Waals surface area contributed by atoms with Crippen LogP contribution in [0.2, 0.25) is 0 Å². The van der Waals surface area contributed by atoms with Crippen molar-refractivity contribution in [2.24, 2.45) is 0 Å². The quantitative estimate of drug-likeness (QED) is 0.494. The fraction of sp³-hybridized carbons (Fsp3) is 0.391. The lowest BCUT2D eigenvalue weighted by molar-refractivity contribution is -0.0411. The second kappa shape index (κ2) is 7.25. The first kappa shape index (κ1) is 19.3. The molecule has 0 amide bonds. The number of thiophene rings is 1. The summed E-state index contributed by atoms with van der Waals surface area (Å²) in [7, 11) is 0. The van der Waals surface area contributed by atoms with E-state index >= 15 is 0 Å². The summed E-state index contributed by atoms with van der Waals surface area (Å²) in [6, 6.07) is 6.00. The van der Waals surface area contributed by atoms with Crippen LogP contribution in [-0.4, -0.2) is 25.1 Å². The Morgan fingerprint density at radius 3 is 2.93 bits per heavy atom. The topological polar surface area (TPSA) is 69.9 Å². The van der Waals surface area contributed by atoms with E-state index in [1.165, 1.54) is 11.3 Å². The third-order valence-electron chi connectivity index (χ3n) is 5.57. The van der Waals surface area contributed by atoms with E-state index in [1.807, 2.05) is 12.1 Å². The molecule has 30 heavy (non-hydrogen) atoms. The van der Waals surface area contributed by atoms with E-state index in [4.69, 9.17) is 14.7 Å². The van der Waals surface area contributed by atoms with Crippen LogP contribution in [-0.2, 0) is 30.7 Å². The first-order chi connectivity index (χ1) is 14.4. The van der Waals surface area contributed by atoms with Gasteiger partial charge in [-0.15, -0.1) is 11.3 Å². The number of nitrogens with zero attached hydrogens (tertiary/aromatic N) is 4. The first-order valence-electron chi connectivity index (χ1n) is 10.3. The van der Waals surface area contributed by atoms with Gasteiger partial charge >= 0.3 is 0 Å². The zero-order valence-electron chi connectivity index (χ0n) is 17.4. The van der Waals surface area contributed by atoms with E-state index in [0.717, 1.165) is 57.6 Å². The molecule has 4 aromatic rings. The number of fused-ring (bicyclic) bond motifs is 4. The van der Waals surface area contributed by atoms with E-state index < -0.39 is 0 Å². The Morgan fingerprint density at radius 1 is 1.30 bits per heavy atom. The average Bonchev–Trinajstić information content (AvgIpc) is 3.07. The molecule has 5 heterocycles. The van der Waals surface area contributed by atoms with Crippen LogP contribution in [0, 0.1) is 0 Å². The summed E-state index contributed by atoms with van der Waals surface area (Å²) in [5.41, 5.74) is 3.71. The second-order valence-electron chi connectivity index (χ2n) is 8.48. The highest BCUT2D eigenvalue weighted by molar-refractivity contribution is 7.25. The number of ether oxygens (including phenoxy) is 1. The smallest absolute Gasteiger partial charge is 0.271 e. The fourth-order valence-corrected chi connectivity index (χ4v) is 5.10. The molecule has 0 bridgehead atoms. The molecular weight excluding hydrogens is 396 g/mol. The van der Waals surface area contributed by atoms with Crippen LogP contribution in [0.15, 0.2) is 35.4 Å². The maximum Gasteiger partial charge on any atom is 0.271 e. The molecule has 1 aliphatic rings. The number of aryl methyl sites for hydroxylation is 1. The van der Waals surface area contributed by atoms with Gasteiger partial charge in [-0.05, 0) is 38.0 Å². The largest absolute Gasteiger partial charge is 0.370 e. The van der Waals surface area contributed by atoms with Crippen molar-refractivity contribution in [3.05, 3.63) is 63.6 Å². The average molecular weight is 421 g/mol. The lowest BCUT2D eigenvalue weighted by Crippen LogP contribution is -2.32. The first-order valence-corrected chi connectivity index (χ1v) is 11.1. The van der Waals surface area contributed by atoms with Crippen molar-refractivity contribution in [1.82, 2.24) is 19.5 Å². The summed E-state index contributed by atoms with van der Waals surface area (Å²) in [6.45, 7) is 7.30. The maximum absolute atomic E-state index is 13.5. The van der Waals surface area contributed by atoms with Crippen LogP contribution in [0.3, 0.4) is 0 Å². The van der Waals surface area contributed by atoms with Gasteiger partial charge in [-0.3, -0.25) is 14.3 Å². The van der Waals surface area contributed by atoms with Gasteiger partial charge in [0, 0.05) is 36.2 Å². The molecule has 0 fully saturated rings. The molecule has 5 rings (SSSR count). The van der Waals surface area contributed by atoms with E-state index in [1.54, 1.807) is 17.0 Å². The minimum absolute atomic E-state index is 0.00450. The Labute approximate surface area is 178 Å². The summed E-state index contributed by atoms with van der Waals surface area (Å²) < 4.78 is 8.44. The minimum atomic E-state index is -0.215. The molecule has 154 valence electrons. The SMILES string of the molecule is CCCc1nc2c(sc3nc4c(cc32)COC(C)(C)C4)c(=O)n1Cc1cccnc1. The fourth-order valence-electron chi connectivity index (χ4n) is 4.03. The number of pyridine rings is 2. The van der Waals surface area contributed by atoms with Gasteiger partial charge in [0.15, 0.2) is 0 Å². The van der Waals surface area contributed by atoms with Crippen molar-refractivity contribution in [3.63, 3.8) is 0 Å². The van der Waals surface area contributed by atoms with Crippen LogP contribution in [0.1, 0.15) is 49.8 Å². The molecule has 0 saturated carbocycles. The third-order valence-corrected chi connectivity index (χ3v) is 6.64. The summed E-state index contributed by atoms with van der Waals surface area (Å²) in [5, 5.41) is 0.958. The van der Waals surface area contributed by atoms with Crippen molar-refractivity contribution >= 4 is 31.8 Å². The molecular formula is C23H24N4O2S. The van der Waals surface area contributed by atoms with Gasteiger partial charge in [0.25, 0.3) is 5.56 Å². The maximum atomic E-state index is 13.5. The van der Waals surface area contributed by atoms with Crippen LogP contribution in [0.25, 0.3) is 20.4 Å². The molecule has 0 atom stereocenters. The molecule has 0 N–H and O–H groups in total. The number of hydrogen-bond donors (Lipinski definition) is 0. The summed E-state index contributed by atoms with van der Waals surface area (Å²) in [4.78, 5) is 28.4. The lowest BCUT2D eigenvalue weighted by Gasteiger charge is -2.30. The standard InChI is InChI=1S/C23H24N4O2S/c1-4-6-18-26-19-16-9-15-13-29-23(2,3)10-17(15)25-21(16)30-20(19)22(28)27(18)12-14-7-5-8-24-11-14/h5,7-9,11H,4,6,10,12-13H2,1-3H3. The van der Waals surface area contributed by atoms with Crippen LogP contribution in [0.5, 0.6) is 0 Å². The highest BCUT2D eigenvalue weighted by atomic mass is 32.1. The predicted octanol–water partition coefficient (Wildman–Crippen LogP) is 4.25. The summed E-state index contributed by atoms with van der Waals surface area (Å²) >= 11 is 1.45. The van der Waals surface area contributed by atoms with Gasteiger partial charge in [0.05, 0.1) is 30.0 Å². The Bertz CT molecular complexity index is 1310. The molecule has 0 unspecified atom stereocenters. The van der Waals surface area contributed by atoms with Crippen molar-refractivity contribution in [2.75, 3.05) is 0 Å². The predicted molar refractivity (Wildman–Crippen MR) is 119 cm³/mol. The minimum Gasteiger partial charge on any atom is -0.370 e. The number of aromatic nitrogens is 4. The molecule has 0 radical (unpaired) electrons. The van der Waals surface area contributed by atoms with Gasteiger partial charge in [0.1, 0.15) is 15.4 Å². The van der Waals surface area contributed by atoms with E-state index in [-0.39, 0.29) is 11.2 Å². The molecule has 0 spiro atoms. The number of rotatable bonds is 4. The van der Waals surface area contributed by atoms with Gasteiger partial charge in [-0.2, -0.15) is 0 Å². The summed E-state index contributed by atoms with van der Waals surface area (Å²) in [5.74, 6) is 0.814. The van der Waals surface area contributed by atoms with E-state index in [2.05, 4.69) is 31.8 Å². The van der Waals surface area contributed by atoms with Crippen LogP contribution < -0.4 is 5.56 Å². The van der Waals surface area contributed by atoms with Crippen LogP contribution >= 0.6 is 11.3 Å². The van der Waals surface area contributed by atoms with Crippen molar-refractivity contribution < 1.29 is 4.74 Å². The van der Waals surface area contributed by atoms with E-state index in [0.29, 0.717) is 17.9 Å². The van der Waals surface area contributed by atoms with Gasteiger partial charge in [0.2, 0.25) is 0 Å². The lowest BCUT2D eigenvalue weighted by atomic mass is 9.95. The third kappa shape index (κ3) is 3.32. The van der Waals surface area contributed by atoms with Gasteiger partial charge in [-0.25, -0.2) is 9.97 Å². The Morgan fingerprint density at radius 2 is 2.17 bits per heavy atom. The Hall–Kier alpha value is -2.64.